The van der Waals surface area contributed by atoms with Crippen LogP contribution in [0.1, 0.15) is 38.2 Å². The van der Waals surface area contributed by atoms with Crippen LogP contribution in [0.3, 0.4) is 0 Å². The minimum atomic E-state index is -0.281. The lowest BCUT2D eigenvalue weighted by atomic mass is 9.86. The lowest BCUT2D eigenvalue weighted by Crippen LogP contribution is -2.36. The second-order valence-electron chi connectivity index (χ2n) is 5.66. The molecular weight excluding hydrogens is 339 g/mol. The van der Waals surface area contributed by atoms with Crippen molar-refractivity contribution in [2.45, 2.75) is 38.6 Å². The van der Waals surface area contributed by atoms with Gasteiger partial charge in [-0.15, -0.1) is 0 Å². The van der Waals surface area contributed by atoms with E-state index in [9.17, 15) is 4.39 Å². The molecule has 2 N–H and O–H groups in total. The molecule has 1 aliphatic rings. The molecule has 0 radical (unpaired) electrons. The summed E-state index contributed by atoms with van der Waals surface area (Å²) < 4.78 is 14.9. The zero-order chi connectivity index (χ0) is 14.9. The lowest BCUT2D eigenvalue weighted by Gasteiger charge is -2.36. The van der Waals surface area contributed by atoms with Crippen LogP contribution in [0.5, 0.6) is 0 Å². The predicted molar refractivity (Wildman–Crippen MR) is 89.8 cm³/mol. The van der Waals surface area contributed by atoms with Crippen LogP contribution < -0.4 is 10.6 Å². The summed E-state index contributed by atoms with van der Waals surface area (Å²) in [5.74, 6) is 0.426. The van der Waals surface area contributed by atoms with Crippen LogP contribution in [-0.2, 0) is 0 Å². The molecule has 20 heavy (non-hydrogen) atoms. The summed E-state index contributed by atoms with van der Waals surface area (Å²) in [6.45, 7) is 2.27. The normalized spacial score (nSPS) is 22.6. The van der Waals surface area contributed by atoms with Gasteiger partial charge in [0.15, 0.2) is 5.82 Å². The number of nitrogens with two attached hydrogens (primary N) is 1. The molecule has 1 aliphatic carbocycles. The zero-order valence-electron chi connectivity index (χ0n) is 11.8. The topological polar surface area (TPSA) is 29.3 Å². The molecule has 2 atom stereocenters. The number of nitrogens with zero attached hydrogens (tertiary/aromatic N) is 1. The molecule has 1 aromatic carbocycles. The number of benzene rings is 1. The maximum atomic E-state index is 14.5. The van der Waals surface area contributed by atoms with E-state index in [1.165, 1.54) is 12.8 Å². The summed E-state index contributed by atoms with van der Waals surface area (Å²) in [6, 6.07) is 3.96. The summed E-state index contributed by atoms with van der Waals surface area (Å²) in [5.41, 5.74) is 6.75. The standard InChI is InChI=1S/C15H20BrFN2S/c1-9-4-3-5-10(8-9)19(2)12-7-6-11(15(18)20)13(16)14(12)17/h6-7,9-10H,3-5,8H2,1-2H3,(H2,18,20). The summed E-state index contributed by atoms with van der Waals surface area (Å²) in [7, 11) is 1.97. The molecule has 0 bridgehead atoms. The Morgan fingerprint density at radius 1 is 1.45 bits per heavy atom. The van der Waals surface area contributed by atoms with Gasteiger partial charge in [0.2, 0.25) is 0 Å². The Labute approximate surface area is 133 Å². The van der Waals surface area contributed by atoms with Crippen molar-refractivity contribution >= 4 is 38.8 Å². The Bertz CT molecular complexity index is 521. The number of halogens is 2. The van der Waals surface area contributed by atoms with Crippen molar-refractivity contribution in [1.82, 2.24) is 0 Å². The van der Waals surface area contributed by atoms with E-state index in [0.29, 0.717) is 27.7 Å². The number of thiocarbonyl (C=S) groups is 1. The van der Waals surface area contributed by atoms with Gasteiger partial charge in [-0.3, -0.25) is 0 Å². The average molecular weight is 359 g/mol. The van der Waals surface area contributed by atoms with Gasteiger partial charge in [-0.1, -0.05) is 32.0 Å². The van der Waals surface area contributed by atoms with Crippen LogP contribution in [0, 0.1) is 11.7 Å². The average Bonchev–Trinajstić information content (AvgIpc) is 2.40. The molecule has 1 aromatic rings. The van der Waals surface area contributed by atoms with E-state index in [2.05, 4.69) is 27.8 Å². The summed E-state index contributed by atoms with van der Waals surface area (Å²) in [6.07, 6.45) is 4.72. The molecule has 2 unspecified atom stereocenters. The summed E-state index contributed by atoms with van der Waals surface area (Å²) in [4.78, 5) is 2.26. The van der Waals surface area contributed by atoms with Gasteiger partial charge in [0.1, 0.15) is 4.99 Å². The molecule has 0 heterocycles. The van der Waals surface area contributed by atoms with Crippen molar-refractivity contribution in [2.24, 2.45) is 11.7 Å². The van der Waals surface area contributed by atoms with E-state index in [-0.39, 0.29) is 10.8 Å². The van der Waals surface area contributed by atoms with Crippen LogP contribution >= 0.6 is 28.1 Å². The lowest BCUT2D eigenvalue weighted by molar-refractivity contribution is 0.335. The van der Waals surface area contributed by atoms with Gasteiger partial charge in [0, 0.05) is 18.7 Å². The first-order chi connectivity index (χ1) is 9.41. The highest BCUT2D eigenvalue weighted by molar-refractivity contribution is 9.10. The highest BCUT2D eigenvalue weighted by Gasteiger charge is 2.25. The van der Waals surface area contributed by atoms with Gasteiger partial charge >= 0.3 is 0 Å². The monoisotopic (exact) mass is 358 g/mol. The van der Waals surface area contributed by atoms with E-state index in [0.717, 1.165) is 12.8 Å². The Morgan fingerprint density at radius 2 is 2.15 bits per heavy atom. The van der Waals surface area contributed by atoms with Crippen molar-refractivity contribution in [3.05, 3.63) is 28.0 Å². The fourth-order valence-electron chi connectivity index (χ4n) is 2.95. The van der Waals surface area contributed by atoms with Gasteiger partial charge in [0.25, 0.3) is 0 Å². The Morgan fingerprint density at radius 3 is 2.75 bits per heavy atom. The summed E-state index contributed by atoms with van der Waals surface area (Å²) >= 11 is 8.19. The smallest absolute Gasteiger partial charge is 0.161 e. The van der Waals surface area contributed by atoms with Gasteiger partial charge in [0.05, 0.1) is 10.2 Å². The van der Waals surface area contributed by atoms with Crippen molar-refractivity contribution in [1.29, 1.82) is 0 Å². The second kappa shape index (κ2) is 6.39. The number of hydrogen-bond donors (Lipinski definition) is 1. The van der Waals surface area contributed by atoms with Gasteiger partial charge in [-0.05, 0) is 46.8 Å². The van der Waals surface area contributed by atoms with Gasteiger partial charge < -0.3 is 10.6 Å². The molecular formula is C15H20BrFN2S. The summed E-state index contributed by atoms with van der Waals surface area (Å²) in [5, 5.41) is 0. The van der Waals surface area contributed by atoms with Crippen LogP contribution in [0.4, 0.5) is 10.1 Å². The molecule has 0 spiro atoms. The maximum Gasteiger partial charge on any atom is 0.161 e. The molecule has 1 saturated carbocycles. The van der Waals surface area contributed by atoms with Crippen molar-refractivity contribution in [3.8, 4) is 0 Å². The van der Waals surface area contributed by atoms with E-state index in [1.54, 1.807) is 12.1 Å². The molecule has 5 heteroatoms. The minimum absolute atomic E-state index is 0.205. The van der Waals surface area contributed by atoms with E-state index >= 15 is 0 Å². The van der Waals surface area contributed by atoms with E-state index in [1.807, 2.05) is 7.05 Å². The third-order valence-electron chi connectivity index (χ3n) is 4.16. The first kappa shape index (κ1) is 15.7. The van der Waals surface area contributed by atoms with Crippen LogP contribution in [0.25, 0.3) is 0 Å². The van der Waals surface area contributed by atoms with Crippen LogP contribution in [0.2, 0.25) is 0 Å². The number of anilines is 1. The molecule has 0 amide bonds. The zero-order valence-corrected chi connectivity index (χ0v) is 14.2. The molecule has 1 fully saturated rings. The van der Waals surface area contributed by atoms with Crippen LogP contribution in [-0.4, -0.2) is 18.1 Å². The predicted octanol–water partition coefficient (Wildman–Crippen LogP) is 4.24. The molecule has 0 aromatic heterocycles. The molecule has 2 nitrogen and oxygen atoms in total. The fraction of sp³-hybridized carbons (Fsp3) is 0.533. The number of hydrogen-bond acceptors (Lipinski definition) is 2. The first-order valence-corrected chi connectivity index (χ1v) is 8.12. The van der Waals surface area contributed by atoms with Crippen molar-refractivity contribution in [2.75, 3.05) is 11.9 Å². The van der Waals surface area contributed by atoms with E-state index in [4.69, 9.17) is 18.0 Å². The Balaban J connectivity index is 2.28. The molecule has 0 aliphatic heterocycles. The maximum absolute atomic E-state index is 14.5. The number of rotatable bonds is 3. The third kappa shape index (κ3) is 3.14. The second-order valence-corrected chi connectivity index (χ2v) is 6.89. The van der Waals surface area contributed by atoms with E-state index < -0.39 is 0 Å². The molecule has 2 rings (SSSR count). The van der Waals surface area contributed by atoms with Crippen molar-refractivity contribution < 1.29 is 4.39 Å². The first-order valence-electron chi connectivity index (χ1n) is 6.92. The Kier molecular flexibility index (Phi) is 5.02. The van der Waals surface area contributed by atoms with Crippen molar-refractivity contribution in [3.63, 3.8) is 0 Å². The van der Waals surface area contributed by atoms with Crippen LogP contribution in [0.15, 0.2) is 16.6 Å². The highest BCUT2D eigenvalue weighted by atomic mass is 79.9. The fourth-order valence-corrected chi connectivity index (χ4v) is 3.80. The molecule has 110 valence electrons. The SMILES string of the molecule is CC1CCCC(N(C)c2ccc(C(N)=S)c(Br)c2F)C1. The quantitative estimate of drug-likeness (QED) is 0.819. The van der Waals surface area contributed by atoms with Gasteiger partial charge in [-0.2, -0.15) is 0 Å². The Hall–Kier alpha value is -0.680. The molecule has 0 saturated heterocycles. The third-order valence-corrected chi connectivity index (χ3v) is 5.16. The van der Waals surface area contributed by atoms with Gasteiger partial charge in [-0.25, -0.2) is 4.39 Å². The highest BCUT2D eigenvalue weighted by Crippen LogP contribution is 2.34. The minimum Gasteiger partial charge on any atom is -0.389 e. The largest absolute Gasteiger partial charge is 0.389 e.